The van der Waals surface area contributed by atoms with Gasteiger partial charge in [-0.1, -0.05) is 0 Å². The lowest BCUT2D eigenvalue weighted by atomic mass is 9.87. The molecule has 0 bridgehead atoms. The monoisotopic (exact) mass is 263 g/mol. The number of nitrogens with zero attached hydrogens (tertiary/aromatic N) is 1. The molecular weight excluding hydrogens is 245 g/mol. The highest BCUT2D eigenvalue weighted by Gasteiger charge is 2.40. The Morgan fingerprint density at radius 1 is 1.37 bits per heavy atom. The van der Waals surface area contributed by atoms with Crippen LogP contribution < -0.4 is 10.6 Å². The SMILES string of the molecule is O=C(Nc1ccc(F)cn1)[C@@H]1CCCN[C@@H]1C1CC1. The molecule has 2 atom stereocenters. The van der Waals surface area contributed by atoms with Crippen LogP contribution in [0.25, 0.3) is 0 Å². The van der Waals surface area contributed by atoms with Gasteiger partial charge in [-0.05, 0) is 50.3 Å². The lowest BCUT2D eigenvalue weighted by Crippen LogP contribution is -2.47. The summed E-state index contributed by atoms with van der Waals surface area (Å²) in [5, 5.41) is 6.26. The summed E-state index contributed by atoms with van der Waals surface area (Å²) in [7, 11) is 0. The highest BCUT2D eigenvalue weighted by atomic mass is 19.1. The predicted molar refractivity (Wildman–Crippen MR) is 70.1 cm³/mol. The lowest BCUT2D eigenvalue weighted by molar-refractivity contribution is -0.121. The predicted octanol–water partition coefficient (Wildman–Crippen LogP) is 1.94. The molecule has 4 nitrogen and oxygen atoms in total. The number of hydrogen-bond acceptors (Lipinski definition) is 3. The molecule has 2 aliphatic rings. The molecule has 5 heteroatoms. The first-order chi connectivity index (χ1) is 9.24. The Balaban J connectivity index is 1.66. The summed E-state index contributed by atoms with van der Waals surface area (Å²) in [4.78, 5) is 16.2. The van der Waals surface area contributed by atoms with E-state index >= 15 is 0 Å². The molecular formula is C14H18FN3O. The molecule has 3 rings (SSSR count). The molecule has 1 aromatic rings. The van der Waals surface area contributed by atoms with Gasteiger partial charge in [0.25, 0.3) is 0 Å². The van der Waals surface area contributed by atoms with Crippen LogP contribution in [-0.4, -0.2) is 23.5 Å². The molecule has 102 valence electrons. The van der Waals surface area contributed by atoms with Crippen molar-refractivity contribution in [2.24, 2.45) is 11.8 Å². The van der Waals surface area contributed by atoms with Crippen molar-refractivity contribution in [3.05, 3.63) is 24.1 Å². The number of nitrogens with one attached hydrogen (secondary N) is 2. The number of pyridine rings is 1. The third kappa shape index (κ3) is 2.92. The van der Waals surface area contributed by atoms with Gasteiger partial charge in [-0.2, -0.15) is 0 Å². The molecule has 1 amide bonds. The van der Waals surface area contributed by atoms with E-state index in [1.807, 2.05) is 0 Å². The first kappa shape index (κ1) is 12.5. The number of piperidine rings is 1. The second-order valence-corrected chi connectivity index (χ2v) is 5.42. The van der Waals surface area contributed by atoms with E-state index in [4.69, 9.17) is 0 Å². The molecule has 1 aromatic heterocycles. The Bertz CT molecular complexity index is 458. The number of anilines is 1. The van der Waals surface area contributed by atoms with Crippen molar-refractivity contribution in [3.8, 4) is 0 Å². The van der Waals surface area contributed by atoms with Crippen molar-refractivity contribution in [2.45, 2.75) is 31.7 Å². The molecule has 0 unspecified atom stereocenters. The molecule has 0 radical (unpaired) electrons. The normalized spacial score (nSPS) is 27.0. The van der Waals surface area contributed by atoms with Crippen molar-refractivity contribution in [1.82, 2.24) is 10.3 Å². The highest BCUT2D eigenvalue weighted by molar-refractivity contribution is 5.92. The zero-order valence-corrected chi connectivity index (χ0v) is 10.7. The summed E-state index contributed by atoms with van der Waals surface area (Å²) in [5.74, 6) is 0.688. The molecule has 2 N–H and O–H groups in total. The van der Waals surface area contributed by atoms with Crippen molar-refractivity contribution < 1.29 is 9.18 Å². The van der Waals surface area contributed by atoms with Gasteiger partial charge < -0.3 is 10.6 Å². The minimum Gasteiger partial charge on any atom is -0.313 e. The average Bonchev–Trinajstić information content (AvgIpc) is 3.26. The van der Waals surface area contributed by atoms with Crippen molar-refractivity contribution in [3.63, 3.8) is 0 Å². The van der Waals surface area contributed by atoms with Crippen LogP contribution in [0.3, 0.4) is 0 Å². The summed E-state index contributed by atoms with van der Waals surface area (Å²) in [6.45, 7) is 1.000. The fraction of sp³-hybridized carbons (Fsp3) is 0.571. The molecule has 19 heavy (non-hydrogen) atoms. The van der Waals surface area contributed by atoms with E-state index in [9.17, 15) is 9.18 Å². The fourth-order valence-electron chi connectivity index (χ4n) is 2.83. The highest BCUT2D eigenvalue weighted by Crippen LogP contribution is 2.38. The van der Waals surface area contributed by atoms with E-state index < -0.39 is 5.82 Å². The number of amides is 1. The van der Waals surface area contributed by atoms with Crippen LogP contribution in [0.1, 0.15) is 25.7 Å². The van der Waals surface area contributed by atoms with Crippen molar-refractivity contribution >= 4 is 11.7 Å². The molecule has 1 aliphatic carbocycles. The molecule has 0 aromatic carbocycles. The molecule has 0 spiro atoms. The van der Waals surface area contributed by atoms with Crippen LogP contribution in [0.2, 0.25) is 0 Å². The van der Waals surface area contributed by atoms with Gasteiger partial charge >= 0.3 is 0 Å². The van der Waals surface area contributed by atoms with Gasteiger partial charge in [0, 0.05) is 6.04 Å². The Morgan fingerprint density at radius 2 is 2.21 bits per heavy atom. The van der Waals surface area contributed by atoms with Crippen LogP contribution in [0.5, 0.6) is 0 Å². The van der Waals surface area contributed by atoms with E-state index in [0.29, 0.717) is 17.8 Å². The van der Waals surface area contributed by atoms with Gasteiger partial charge in [0.15, 0.2) is 0 Å². The Morgan fingerprint density at radius 3 is 2.89 bits per heavy atom. The van der Waals surface area contributed by atoms with Gasteiger partial charge in [-0.3, -0.25) is 4.79 Å². The first-order valence-corrected chi connectivity index (χ1v) is 6.90. The molecule has 1 saturated heterocycles. The zero-order valence-electron chi connectivity index (χ0n) is 10.7. The topological polar surface area (TPSA) is 54.0 Å². The van der Waals surface area contributed by atoms with Gasteiger partial charge in [0.2, 0.25) is 5.91 Å². The molecule has 2 heterocycles. The number of carbonyl (C=O) groups excluding carboxylic acids is 1. The van der Waals surface area contributed by atoms with Crippen LogP contribution in [-0.2, 0) is 4.79 Å². The largest absolute Gasteiger partial charge is 0.313 e. The quantitative estimate of drug-likeness (QED) is 0.876. The minimum atomic E-state index is -0.395. The Kier molecular flexibility index (Phi) is 3.46. The van der Waals surface area contributed by atoms with E-state index in [1.165, 1.54) is 25.0 Å². The van der Waals surface area contributed by atoms with Crippen molar-refractivity contribution in [2.75, 3.05) is 11.9 Å². The number of hydrogen-bond donors (Lipinski definition) is 2. The maximum Gasteiger partial charge on any atom is 0.230 e. The minimum absolute atomic E-state index is 0.00297. The summed E-state index contributed by atoms with van der Waals surface area (Å²) >= 11 is 0. The van der Waals surface area contributed by atoms with Crippen LogP contribution >= 0.6 is 0 Å². The number of aromatic nitrogens is 1. The van der Waals surface area contributed by atoms with E-state index in [-0.39, 0.29) is 11.8 Å². The van der Waals surface area contributed by atoms with Crippen molar-refractivity contribution in [1.29, 1.82) is 0 Å². The Hall–Kier alpha value is -1.49. The third-order valence-electron chi connectivity index (χ3n) is 3.95. The lowest BCUT2D eigenvalue weighted by Gasteiger charge is -2.31. The second-order valence-electron chi connectivity index (χ2n) is 5.42. The maximum absolute atomic E-state index is 12.8. The summed E-state index contributed by atoms with van der Waals surface area (Å²) in [6, 6.07) is 3.10. The van der Waals surface area contributed by atoms with E-state index in [0.717, 1.165) is 25.6 Å². The van der Waals surface area contributed by atoms with Gasteiger partial charge in [0.05, 0.1) is 12.1 Å². The van der Waals surface area contributed by atoms with Crippen LogP contribution in [0.15, 0.2) is 18.3 Å². The Labute approximate surface area is 111 Å². The van der Waals surface area contributed by atoms with E-state index in [2.05, 4.69) is 15.6 Å². The standard InChI is InChI=1S/C14H18FN3O/c15-10-5-6-12(17-8-10)18-14(19)11-2-1-7-16-13(11)9-3-4-9/h5-6,8-9,11,13,16H,1-4,7H2,(H,17,18,19)/t11-,13-/m1/s1. The molecule has 1 saturated carbocycles. The maximum atomic E-state index is 12.8. The zero-order chi connectivity index (χ0) is 13.2. The van der Waals surface area contributed by atoms with Crippen LogP contribution in [0.4, 0.5) is 10.2 Å². The summed E-state index contributed by atoms with van der Waals surface area (Å²) in [5.41, 5.74) is 0. The fourth-order valence-corrected chi connectivity index (χ4v) is 2.83. The molecule has 1 aliphatic heterocycles. The summed E-state index contributed by atoms with van der Waals surface area (Å²) < 4.78 is 12.8. The van der Waals surface area contributed by atoms with Gasteiger partial charge in [-0.25, -0.2) is 9.37 Å². The van der Waals surface area contributed by atoms with E-state index in [1.54, 1.807) is 0 Å². The number of carbonyl (C=O) groups is 1. The average molecular weight is 263 g/mol. The smallest absolute Gasteiger partial charge is 0.230 e. The van der Waals surface area contributed by atoms with Gasteiger partial charge in [-0.15, -0.1) is 0 Å². The third-order valence-corrected chi connectivity index (χ3v) is 3.95. The summed E-state index contributed by atoms with van der Waals surface area (Å²) in [6.07, 6.45) is 5.50. The van der Waals surface area contributed by atoms with Crippen LogP contribution in [0, 0.1) is 17.7 Å². The van der Waals surface area contributed by atoms with Gasteiger partial charge in [0.1, 0.15) is 11.6 Å². The molecule has 2 fully saturated rings. The number of rotatable bonds is 3. The second kappa shape index (κ2) is 5.25. The first-order valence-electron chi connectivity index (χ1n) is 6.90. The number of halogens is 1.